The number of nitrogens with zero attached hydrogens (tertiary/aromatic N) is 2. The van der Waals surface area contributed by atoms with Crippen LogP contribution >= 0.6 is 0 Å². The lowest BCUT2D eigenvalue weighted by atomic mass is 10.2. The van der Waals surface area contributed by atoms with Crippen molar-refractivity contribution in [1.82, 2.24) is 9.97 Å². The summed E-state index contributed by atoms with van der Waals surface area (Å²) in [5.74, 6) is 0.847. The molecular weight excluding hydrogens is 246 g/mol. The molecule has 0 aliphatic rings. The molecule has 0 atom stereocenters. The van der Waals surface area contributed by atoms with Crippen molar-refractivity contribution in [1.29, 1.82) is 0 Å². The Bertz CT molecular complexity index is 559. The number of oxazole rings is 1. The average molecular weight is 261 g/mol. The van der Waals surface area contributed by atoms with E-state index in [9.17, 15) is 4.79 Å². The maximum absolute atomic E-state index is 11.6. The van der Waals surface area contributed by atoms with E-state index in [1.54, 1.807) is 45.3 Å². The summed E-state index contributed by atoms with van der Waals surface area (Å²) in [5, 5.41) is 2.56. The standard InChI is InChI=1S/C13H15N3O3/c1-13(2,3)19-12(17)16-10-8-9(4-5-14-10)11-15-6-7-18-11/h4-8H,1-3H3,(H,14,16,17). The molecular formula is C13H15N3O3. The number of ether oxygens (including phenoxy) is 1. The fraction of sp³-hybridized carbons (Fsp3) is 0.308. The second kappa shape index (κ2) is 5.09. The van der Waals surface area contributed by atoms with Gasteiger partial charge < -0.3 is 9.15 Å². The Morgan fingerprint density at radius 1 is 1.32 bits per heavy atom. The van der Waals surface area contributed by atoms with Crippen LogP contribution in [0.15, 0.2) is 35.2 Å². The predicted molar refractivity (Wildman–Crippen MR) is 69.6 cm³/mol. The average Bonchev–Trinajstić information content (AvgIpc) is 2.79. The number of carbonyl (C=O) groups is 1. The fourth-order valence-corrected chi connectivity index (χ4v) is 1.41. The molecule has 6 nitrogen and oxygen atoms in total. The van der Waals surface area contributed by atoms with E-state index < -0.39 is 11.7 Å². The Morgan fingerprint density at radius 3 is 2.74 bits per heavy atom. The van der Waals surface area contributed by atoms with Crippen molar-refractivity contribution in [3.8, 4) is 11.5 Å². The zero-order valence-corrected chi connectivity index (χ0v) is 11.0. The molecule has 2 heterocycles. The van der Waals surface area contributed by atoms with E-state index in [4.69, 9.17) is 9.15 Å². The third-order valence-electron chi connectivity index (χ3n) is 2.07. The maximum Gasteiger partial charge on any atom is 0.413 e. The molecule has 0 fully saturated rings. The highest BCUT2D eigenvalue weighted by molar-refractivity contribution is 5.84. The summed E-state index contributed by atoms with van der Waals surface area (Å²) in [6.07, 6.45) is 4.05. The Kier molecular flexibility index (Phi) is 3.50. The summed E-state index contributed by atoms with van der Waals surface area (Å²) in [4.78, 5) is 19.7. The lowest BCUT2D eigenvalue weighted by Gasteiger charge is -2.19. The van der Waals surface area contributed by atoms with Gasteiger partial charge in [-0.25, -0.2) is 14.8 Å². The molecule has 0 aliphatic carbocycles. The Morgan fingerprint density at radius 2 is 2.11 bits per heavy atom. The fourth-order valence-electron chi connectivity index (χ4n) is 1.41. The van der Waals surface area contributed by atoms with Gasteiger partial charge in [0, 0.05) is 11.8 Å². The van der Waals surface area contributed by atoms with Crippen LogP contribution in [0.2, 0.25) is 0 Å². The van der Waals surface area contributed by atoms with Gasteiger partial charge in [-0.05, 0) is 32.9 Å². The van der Waals surface area contributed by atoms with Crippen LogP contribution in [0.25, 0.3) is 11.5 Å². The van der Waals surface area contributed by atoms with Crippen LogP contribution < -0.4 is 5.32 Å². The zero-order chi connectivity index (χ0) is 13.9. The van der Waals surface area contributed by atoms with Crippen LogP contribution in [0.3, 0.4) is 0 Å². The van der Waals surface area contributed by atoms with E-state index in [-0.39, 0.29) is 0 Å². The third kappa shape index (κ3) is 3.80. The van der Waals surface area contributed by atoms with Crippen molar-refractivity contribution in [2.24, 2.45) is 0 Å². The Hall–Kier alpha value is -2.37. The largest absolute Gasteiger partial charge is 0.445 e. The number of hydrogen-bond acceptors (Lipinski definition) is 5. The normalized spacial score (nSPS) is 11.1. The van der Waals surface area contributed by atoms with Gasteiger partial charge in [0.05, 0.1) is 6.20 Å². The highest BCUT2D eigenvalue weighted by Gasteiger charge is 2.16. The van der Waals surface area contributed by atoms with E-state index in [1.807, 2.05) is 0 Å². The van der Waals surface area contributed by atoms with Gasteiger partial charge in [0.1, 0.15) is 17.7 Å². The van der Waals surface area contributed by atoms with Gasteiger partial charge in [0.2, 0.25) is 5.89 Å². The summed E-state index contributed by atoms with van der Waals surface area (Å²) in [7, 11) is 0. The van der Waals surface area contributed by atoms with Crippen molar-refractivity contribution >= 4 is 11.9 Å². The van der Waals surface area contributed by atoms with E-state index >= 15 is 0 Å². The number of anilines is 1. The van der Waals surface area contributed by atoms with Gasteiger partial charge in [-0.1, -0.05) is 0 Å². The quantitative estimate of drug-likeness (QED) is 0.898. The lowest BCUT2D eigenvalue weighted by Crippen LogP contribution is -2.27. The molecule has 0 unspecified atom stereocenters. The zero-order valence-electron chi connectivity index (χ0n) is 11.0. The van der Waals surface area contributed by atoms with Crippen LogP contribution in [0.5, 0.6) is 0 Å². The van der Waals surface area contributed by atoms with E-state index in [0.717, 1.165) is 5.56 Å². The smallest absolute Gasteiger partial charge is 0.413 e. The summed E-state index contributed by atoms with van der Waals surface area (Å²) >= 11 is 0. The highest BCUT2D eigenvalue weighted by Crippen LogP contribution is 2.19. The molecule has 0 saturated carbocycles. The maximum atomic E-state index is 11.6. The Labute approximate surface area is 110 Å². The summed E-state index contributed by atoms with van der Waals surface area (Å²) in [6.45, 7) is 5.38. The molecule has 0 saturated heterocycles. The van der Waals surface area contributed by atoms with Crippen molar-refractivity contribution in [2.75, 3.05) is 5.32 Å². The number of amides is 1. The molecule has 0 radical (unpaired) electrons. The van der Waals surface area contributed by atoms with Gasteiger partial charge >= 0.3 is 6.09 Å². The molecule has 19 heavy (non-hydrogen) atoms. The topological polar surface area (TPSA) is 77.2 Å². The number of rotatable bonds is 2. The van der Waals surface area contributed by atoms with Gasteiger partial charge in [0.15, 0.2) is 0 Å². The van der Waals surface area contributed by atoms with Crippen molar-refractivity contribution in [2.45, 2.75) is 26.4 Å². The first kappa shape index (κ1) is 13.1. The molecule has 6 heteroatoms. The number of aromatic nitrogens is 2. The second-order valence-electron chi connectivity index (χ2n) is 4.89. The SMILES string of the molecule is CC(C)(C)OC(=O)Nc1cc(-c2ncco2)ccn1. The number of nitrogens with one attached hydrogen (secondary N) is 1. The first-order chi connectivity index (χ1) is 8.94. The molecule has 0 bridgehead atoms. The van der Waals surface area contributed by atoms with Crippen LogP contribution in [-0.2, 0) is 4.74 Å². The Balaban J connectivity index is 2.10. The minimum atomic E-state index is -0.551. The van der Waals surface area contributed by atoms with Crippen molar-refractivity contribution in [3.05, 3.63) is 30.8 Å². The van der Waals surface area contributed by atoms with Crippen molar-refractivity contribution in [3.63, 3.8) is 0 Å². The van der Waals surface area contributed by atoms with Crippen LogP contribution in [0, 0.1) is 0 Å². The molecule has 1 N–H and O–H groups in total. The van der Waals surface area contributed by atoms with E-state index in [2.05, 4.69) is 15.3 Å². The summed E-state index contributed by atoms with van der Waals surface area (Å²) in [6, 6.07) is 3.40. The van der Waals surface area contributed by atoms with Gasteiger partial charge in [-0.2, -0.15) is 0 Å². The predicted octanol–water partition coefficient (Wildman–Crippen LogP) is 3.08. The first-order valence-corrected chi connectivity index (χ1v) is 5.80. The molecule has 2 aromatic rings. The van der Waals surface area contributed by atoms with Crippen LogP contribution in [0.1, 0.15) is 20.8 Å². The molecule has 0 spiro atoms. The molecule has 0 aromatic carbocycles. The van der Waals surface area contributed by atoms with Crippen LogP contribution in [-0.4, -0.2) is 21.7 Å². The van der Waals surface area contributed by atoms with E-state index in [1.165, 1.54) is 6.26 Å². The summed E-state index contributed by atoms with van der Waals surface area (Å²) in [5.41, 5.74) is 0.177. The molecule has 1 amide bonds. The van der Waals surface area contributed by atoms with Gasteiger partial charge in [-0.3, -0.25) is 5.32 Å². The summed E-state index contributed by atoms with van der Waals surface area (Å²) < 4.78 is 10.3. The van der Waals surface area contributed by atoms with Crippen LogP contribution in [0.4, 0.5) is 10.6 Å². The van der Waals surface area contributed by atoms with E-state index in [0.29, 0.717) is 11.7 Å². The van der Waals surface area contributed by atoms with Gasteiger partial charge in [0.25, 0.3) is 0 Å². The molecule has 2 aromatic heterocycles. The minimum Gasteiger partial charge on any atom is -0.445 e. The number of carbonyl (C=O) groups excluding carboxylic acids is 1. The van der Waals surface area contributed by atoms with Crippen molar-refractivity contribution < 1.29 is 13.9 Å². The number of pyridine rings is 1. The highest BCUT2D eigenvalue weighted by atomic mass is 16.6. The minimum absolute atomic E-state index is 0.380. The first-order valence-electron chi connectivity index (χ1n) is 5.80. The third-order valence-corrected chi connectivity index (χ3v) is 2.07. The second-order valence-corrected chi connectivity index (χ2v) is 4.89. The van der Waals surface area contributed by atoms with Gasteiger partial charge in [-0.15, -0.1) is 0 Å². The molecule has 2 rings (SSSR count). The number of hydrogen-bond donors (Lipinski definition) is 1. The molecule has 0 aliphatic heterocycles. The molecule has 100 valence electrons. The lowest BCUT2D eigenvalue weighted by molar-refractivity contribution is 0.0635. The monoisotopic (exact) mass is 261 g/mol.